The van der Waals surface area contributed by atoms with Gasteiger partial charge in [0.2, 0.25) is 0 Å². The number of hydrogen-bond donors (Lipinski definition) is 0. The van der Waals surface area contributed by atoms with Crippen molar-refractivity contribution >= 4 is 5.97 Å². The maximum Gasteiger partial charge on any atom is 0.333 e. The second kappa shape index (κ2) is 5.20. The Balaban J connectivity index is 1.94. The number of ether oxygens (including phenoxy) is 1. The molecule has 0 aromatic rings. The Bertz CT molecular complexity index is 394. The first-order chi connectivity index (χ1) is 9.60. The van der Waals surface area contributed by atoms with Crippen LogP contribution in [-0.2, 0) is 9.53 Å². The minimum atomic E-state index is -0.157. The third-order valence-electron chi connectivity index (χ3n) is 6.30. The highest BCUT2D eigenvalue weighted by molar-refractivity contribution is 5.87. The first-order valence-corrected chi connectivity index (χ1v) is 8.49. The molecule has 0 amide bonds. The van der Waals surface area contributed by atoms with Gasteiger partial charge in [0.05, 0.1) is 0 Å². The SMILES string of the molecule is C=C(C)C(=O)OC1(C2CCCC2)CCCC12CCCC2. The van der Waals surface area contributed by atoms with Gasteiger partial charge in [0, 0.05) is 11.0 Å². The second-order valence-corrected chi connectivity index (χ2v) is 7.38. The Morgan fingerprint density at radius 2 is 1.60 bits per heavy atom. The largest absolute Gasteiger partial charge is 0.455 e. The van der Waals surface area contributed by atoms with Crippen molar-refractivity contribution in [1.82, 2.24) is 0 Å². The predicted octanol–water partition coefficient (Wildman–Crippen LogP) is 4.78. The van der Waals surface area contributed by atoms with E-state index in [1.807, 2.05) is 0 Å². The zero-order chi connectivity index (χ0) is 14.2. The molecule has 0 aromatic carbocycles. The summed E-state index contributed by atoms with van der Waals surface area (Å²) in [4.78, 5) is 12.3. The van der Waals surface area contributed by atoms with Crippen LogP contribution in [0.15, 0.2) is 12.2 Å². The van der Waals surface area contributed by atoms with Crippen LogP contribution >= 0.6 is 0 Å². The lowest BCUT2D eigenvalue weighted by Crippen LogP contribution is -2.51. The zero-order valence-corrected chi connectivity index (χ0v) is 12.9. The van der Waals surface area contributed by atoms with Crippen molar-refractivity contribution < 1.29 is 9.53 Å². The van der Waals surface area contributed by atoms with Crippen molar-refractivity contribution in [3.05, 3.63) is 12.2 Å². The summed E-state index contributed by atoms with van der Waals surface area (Å²) >= 11 is 0. The molecule has 1 unspecified atom stereocenters. The van der Waals surface area contributed by atoms with Gasteiger partial charge in [-0.1, -0.05) is 32.3 Å². The molecule has 3 aliphatic carbocycles. The summed E-state index contributed by atoms with van der Waals surface area (Å²) in [5, 5.41) is 0. The fourth-order valence-electron chi connectivity index (χ4n) is 5.42. The molecule has 0 N–H and O–H groups in total. The molecule has 0 aliphatic heterocycles. The van der Waals surface area contributed by atoms with Gasteiger partial charge in [-0.3, -0.25) is 0 Å². The van der Waals surface area contributed by atoms with Crippen LogP contribution in [0, 0.1) is 11.3 Å². The Labute approximate surface area is 123 Å². The van der Waals surface area contributed by atoms with E-state index >= 15 is 0 Å². The Kier molecular flexibility index (Phi) is 3.68. The van der Waals surface area contributed by atoms with E-state index in [1.165, 1.54) is 64.2 Å². The van der Waals surface area contributed by atoms with Crippen LogP contribution in [0.1, 0.15) is 77.6 Å². The van der Waals surface area contributed by atoms with E-state index in [2.05, 4.69) is 6.58 Å². The van der Waals surface area contributed by atoms with E-state index in [0.717, 1.165) is 6.42 Å². The summed E-state index contributed by atoms with van der Waals surface area (Å²) in [6.07, 6.45) is 13.9. The molecule has 0 bridgehead atoms. The minimum Gasteiger partial charge on any atom is -0.455 e. The molecule has 20 heavy (non-hydrogen) atoms. The third kappa shape index (κ3) is 2.03. The highest BCUT2D eigenvalue weighted by Crippen LogP contribution is 2.63. The van der Waals surface area contributed by atoms with Gasteiger partial charge < -0.3 is 4.74 Å². The lowest BCUT2D eigenvalue weighted by Gasteiger charge is -2.47. The molecule has 3 rings (SSSR count). The van der Waals surface area contributed by atoms with E-state index in [0.29, 0.717) is 16.9 Å². The third-order valence-corrected chi connectivity index (χ3v) is 6.30. The first kappa shape index (κ1) is 14.2. The van der Waals surface area contributed by atoms with Crippen molar-refractivity contribution in [3.8, 4) is 0 Å². The Hall–Kier alpha value is -0.790. The molecule has 1 spiro atoms. The van der Waals surface area contributed by atoms with Crippen LogP contribution in [-0.4, -0.2) is 11.6 Å². The summed E-state index contributed by atoms with van der Waals surface area (Å²) in [6, 6.07) is 0. The van der Waals surface area contributed by atoms with Crippen molar-refractivity contribution in [3.63, 3.8) is 0 Å². The molecule has 2 heteroatoms. The number of carbonyl (C=O) groups excluding carboxylic acids is 1. The molecule has 0 heterocycles. The normalized spacial score (nSPS) is 32.9. The average Bonchev–Trinajstić information content (AvgIpc) is 3.14. The summed E-state index contributed by atoms with van der Waals surface area (Å²) in [5.41, 5.74) is 0.700. The molecule has 112 valence electrons. The van der Waals surface area contributed by atoms with Gasteiger partial charge in [-0.05, 0) is 57.8 Å². The summed E-state index contributed by atoms with van der Waals surface area (Å²) < 4.78 is 6.24. The quantitative estimate of drug-likeness (QED) is 0.548. The number of rotatable bonds is 3. The lowest BCUT2D eigenvalue weighted by molar-refractivity contribution is -0.180. The number of esters is 1. The smallest absolute Gasteiger partial charge is 0.333 e. The minimum absolute atomic E-state index is 0.148. The molecule has 2 nitrogen and oxygen atoms in total. The molecule has 0 radical (unpaired) electrons. The predicted molar refractivity (Wildman–Crippen MR) is 80.3 cm³/mol. The Morgan fingerprint density at radius 1 is 1.00 bits per heavy atom. The van der Waals surface area contributed by atoms with Crippen molar-refractivity contribution in [2.45, 2.75) is 83.2 Å². The van der Waals surface area contributed by atoms with Crippen molar-refractivity contribution in [1.29, 1.82) is 0 Å². The summed E-state index contributed by atoms with van der Waals surface area (Å²) in [7, 11) is 0. The molecule has 3 saturated carbocycles. The molecule has 0 aromatic heterocycles. The van der Waals surface area contributed by atoms with Gasteiger partial charge in [0.15, 0.2) is 0 Å². The lowest BCUT2D eigenvalue weighted by atomic mass is 9.65. The summed E-state index contributed by atoms with van der Waals surface area (Å²) in [6.45, 7) is 5.57. The second-order valence-electron chi connectivity index (χ2n) is 7.38. The van der Waals surface area contributed by atoms with Gasteiger partial charge in [0.25, 0.3) is 0 Å². The van der Waals surface area contributed by atoms with Crippen LogP contribution in [0.3, 0.4) is 0 Å². The van der Waals surface area contributed by atoms with Gasteiger partial charge in [-0.15, -0.1) is 0 Å². The standard InChI is InChI=1S/C18H28O2/c1-14(2)16(19)20-18(15-8-3-4-9-15)13-7-12-17(18)10-5-6-11-17/h15H,1,3-13H2,2H3. The molecular weight excluding hydrogens is 248 g/mol. The fraction of sp³-hybridized carbons (Fsp3) is 0.833. The van der Waals surface area contributed by atoms with Crippen LogP contribution in [0.5, 0.6) is 0 Å². The van der Waals surface area contributed by atoms with Gasteiger partial charge in [-0.25, -0.2) is 4.79 Å². The highest BCUT2D eigenvalue weighted by Gasteiger charge is 2.61. The highest BCUT2D eigenvalue weighted by atomic mass is 16.6. The molecule has 3 aliphatic rings. The van der Waals surface area contributed by atoms with Crippen LogP contribution in [0.4, 0.5) is 0 Å². The van der Waals surface area contributed by atoms with Crippen LogP contribution in [0.2, 0.25) is 0 Å². The van der Waals surface area contributed by atoms with E-state index in [-0.39, 0.29) is 11.6 Å². The van der Waals surface area contributed by atoms with Gasteiger partial charge in [0.1, 0.15) is 5.60 Å². The first-order valence-electron chi connectivity index (χ1n) is 8.49. The van der Waals surface area contributed by atoms with E-state index in [4.69, 9.17) is 4.74 Å². The molecule has 0 saturated heterocycles. The van der Waals surface area contributed by atoms with E-state index < -0.39 is 0 Å². The maximum atomic E-state index is 12.3. The molecule has 1 atom stereocenters. The number of hydrogen-bond acceptors (Lipinski definition) is 2. The summed E-state index contributed by atoms with van der Waals surface area (Å²) in [5.74, 6) is 0.455. The fourth-order valence-corrected chi connectivity index (χ4v) is 5.42. The van der Waals surface area contributed by atoms with Gasteiger partial charge >= 0.3 is 5.97 Å². The van der Waals surface area contributed by atoms with E-state index in [9.17, 15) is 4.79 Å². The van der Waals surface area contributed by atoms with Crippen LogP contribution < -0.4 is 0 Å². The number of carbonyl (C=O) groups is 1. The zero-order valence-electron chi connectivity index (χ0n) is 12.9. The maximum absolute atomic E-state index is 12.3. The monoisotopic (exact) mass is 276 g/mol. The van der Waals surface area contributed by atoms with Gasteiger partial charge in [-0.2, -0.15) is 0 Å². The molecule has 3 fully saturated rings. The molecular formula is C18H28O2. The van der Waals surface area contributed by atoms with E-state index in [1.54, 1.807) is 6.92 Å². The van der Waals surface area contributed by atoms with Crippen molar-refractivity contribution in [2.24, 2.45) is 11.3 Å². The average molecular weight is 276 g/mol. The Morgan fingerprint density at radius 3 is 2.20 bits per heavy atom. The van der Waals surface area contributed by atoms with Crippen molar-refractivity contribution in [2.75, 3.05) is 0 Å². The van der Waals surface area contributed by atoms with Crippen LogP contribution in [0.25, 0.3) is 0 Å². The topological polar surface area (TPSA) is 26.3 Å².